The van der Waals surface area contributed by atoms with Crippen molar-refractivity contribution in [3.63, 3.8) is 0 Å². The van der Waals surface area contributed by atoms with Crippen LogP contribution in [0.1, 0.15) is 30.8 Å². The van der Waals surface area contributed by atoms with E-state index in [2.05, 4.69) is 69.1 Å². The third-order valence-electron chi connectivity index (χ3n) is 2.89. The quantitative estimate of drug-likeness (QED) is 0.796. The van der Waals surface area contributed by atoms with Gasteiger partial charge in [0.05, 0.1) is 6.04 Å². The van der Waals surface area contributed by atoms with Crippen molar-refractivity contribution in [3.8, 4) is 0 Å². The fourth-order valence-electron chi connectivity index (χ4n) is 1.92. The number of hydrogen-bond acceptors (Lipinski definition) is 3. The molecule has 0 aliphatic heterocycles. The lowest BCUT2D eigenvalue weighted by Gasteiger charge is -2.17. The van der Waals surface area contributed by atoms with Crippen LogP contribution in [0, 0.1) is 3.57 Å². The van der Waals surface area contributed by atoms with Crippen molar-refractivity contribution < 1.29 is 0 Å². The highest BCUT2D eigenvalue weighted by Gasteiger charge is 2.13. The Labute approximate surface area is 128 Å². The average molecular weight is 367 g/mol. The summed E-state index contributed by atoms with van der Waals surface area (Å²) in [5.41, 5.74) is 1.31. The van der Waals surface area contributed by atoms with Crippen molar-refractivity contribution in [1.82, 2.24) is 15.3 Å². The van der Waals surface area contributed by atoms with Gasteiger partial charge in [-0.05, 0) is 65.7 Å². The molecule has 0 radical (unpaired) electrons. The average Bonchev–Trinajstić information content (AvgIpc) is 2.46. The van der Waals surface area contributed by atoms with Crippen molar-refractivity contribution in [2.24, 2.45) is 0 Å². The minimum absolute atomic E-state index is 0.182. The van der Waals surface area contributed by atoms with Gasteiger partial charge in [0, 0.05) is 16.0 Å². The highest BCUT2D eigenvalue weighted by Crippen LogP contribution is 2.16. The normalized spacial score (nSPS) is 12.3. The molecule has 1 aromatic heterocycles. The van der Waals surface area contributed by atoms with Gasteiger partial charge in [0.25, 0.3) is 0 Å². The van der Waals surface area contributed by atoms with E-state index < -0.39 is 0 Å². The van der Waals surface area contributed by atoms with Gasteiger partial charge in [-0.1, -0.05) is 19.1 Å². The number of halogens is 1. The SMILES string of the molecule is CCCNC(Cc1ccc(I)cc1)c1ncccn1. The van der Waals surface area contributed by atoms with Crippen LogP contribution in [0.2, 0.25) is 0 Å². The van der Waals surface area contributed by atoms with E-state index in [1.165, 1.54) is 9.13 Å². The van der Waals surface area contributed by atoms with Gasteiger partial charge in [-0.25, -0.2) is 9.97 Å². The molecule has 1 N–H and O–H groups in total. The Hall–Kier alpha value is -1.01. The standard InChI is InChI=1S/C15H18IN3/c1-2-8-17-14(15-18-9-3-10-19-15)11-12-4-6-13(16)7-5-12/h3-7,9-10,14,17H,2,8,11H2,1H3. The van der Waals surface area contributed by atoms with E-state index >= 15 is 0 Å². The highest BCUT2D eigenvalue weighted by atomic mass is 127. The molecule has 1 aromatic carbocycles. The van der Waals surface area contributed by atoms with Gasteiger partial charge in [-0.15, -0.1) is 0 Å². The predicted octanol–water partition coefficient (Wildman–Crippen LogP) is 3.36. The summed E-state index contributed by atoms with van der Waals surface area (Å²) in [6.07, 6.45) is 5.63. The van der Waals surface area contributed by atoms with E-state index in [9.17, 15) is 0 Å². The van der Waals surface area contributed by atoms with E-state index in [4.69, 9.17) is 0 Å². The van der Waals surface area contributed by atoms with Crippen LogP contribution in [0.5, 0.6) is 0 Å². The zero-order valence-corrected chi connectivity index (χ0v) is 13.2. The van der Waals surface area contributed by atoms with E-state index in [0.717, 1.165) is 25.2 Å². The molecule has 0 bridgehead atoms. The zero-order valence-electron chi connectivity index (χ0n) is 11.0. The summed E-state index contributed by atoms with van der Waals surface area (Å²) in [5.74, 6) is 0.870. The molecular formula is C15H18IN3. The van der Waals surface area contributed by atoms with E-state index in [1.54, 1.807) is 12.4 Å². The highest BCUT2D eigenvalue weighted by molar-refractivity contribution is 14.1. The van der Waals surface area contributed by atoms with E-state index in [1.807, 2.05) is 6.07 Å². The summed E-state index contributed by atoms with van der Waals surface area (Å²) in [5, 5.41) is 3.52. The van der Waals surface area contributed by atoms with Gasteiger partial charge in [0.15, 0.2) is 0 Å². The van der Waals surface area contributed by atoms with Gasteiger partial charge in [0.2, 0.25) is 0 Å². The van der Waals surface area contributed by atoms with Crippen LogP contribution >= 0.6 is 22.6 Å². The number of hydrogen-bond donors (Lipinski definition) is 1. The molecule has 0 saturated heterocycles. The maximum atomic E-state index is 4.37. The largest absolute Gasteiger partial charge is 0.307 e. The van der Waals surface area contributed by atoms with E-state index in [0.29, 0.717) is 0 Å². The van der Waals surface area contributed by atoms with Crippen molar-refractivity contribution in [1.29, 1.82) is 0 Å². The van der Waals surface area contributed by atoms with Gasteiger partial charge in [-0.3, -0.25) is 0 Å². The number of nitrogens with zero attached hydrogens (tertiary/aromatic N) is 2. The van der Waals surface area contributed by atoms with Crippen LogP contribution < -0.4 is 5.32 Å². The first-order valence-electron chi connectivity index (χ1n) is 6.54. The summed E-state index contributed by atoms with van der Waals surface area (Å²) in [6, 6.07) is 10.7. The number of nitrogens with one attached hydrogen (secondary N) is 1. The molecule has 0 fully saturated rings. The Balaban J connectivity index is 2.11. The predicted molar refractivity (Wildman–Crippen MR) is 85.9 cm³/mol. The van der Waals surface area contributed by atoms with Crippen LogP contribution in [0.25, 0.3) is 0 Å². The summed E-state index contributed by atoms with van der Waals surface area (Å²) >= 11 is 2.32. The minimum Gasteiger partial charge on any atom is -0.307 e. The second kappa shape index (κ2) is 7.55. The summed E-state index contributed by atoms with van der Waals surface area (Å²) < 4.78 is 1.26. The Bertz CT molecular complexity index is 485. The van der Waals surface area contributed by atoms with Crippen LogP contribution in [-0.2, 0) is 6.42 Å². The first-order chi connectivity index (χ1) is 9.29. The summed E-state index contributed by atoms with van der Waals surface area (Å²) in [6.45, 7) is 3.15. The van der Waals surface area contributed by atoms with E-state index in [-0.39, 0.29) is 6.04 Å². The monoisotopic (exact) mass is 367 g/mol. The Morgan fingerprint density at radius 3 is 2.47 bits per heavy atom. The molecule has 0 saturated carbocycles. The third-order valence-corrected chi connectivity index (χ3v) is 3.61. The molecule has 1 unspecified atom stereocenters. The number of benzene rings is 1. The second-order valence-electron chi connectivity index (χ2n) is 4.44. The van der Waals surface area contributed by atoms with Crippen molar-refractivity contribution in [2.75, 3.05) is 6.54 Å². The molecule has 3 nitrogen and oxygen atoms in total. The van der Waals surface area contributed by atoms with Crippen molar-refractivity contribution >= 4 is 22.6 Å². The lowest BCUT2D eigenvalue weighted by molar-refractivity contribution is 0.504. The molecule has 2 rings (SSSR count). The molecule has 100 valence electrons. The topological polar surface area (TPSA) is 37.8 Å². The molecular weight excluding hydrogens is 349 g/mol. The van der Waals surface area contributed by atoms with Gasteiger partial charge >= 0.3 is 0 Å². The molecule has 0 aliphatic rings. The fraction of sp³-hybridized carbons (Fsp3) is 0.333. The van der Waals surface area contributed by atoms with Gasteiger partial charge in [0.1, 0.15) is 5.82 Å². The fourth-order valence-corrected chi connectivity index (χ4v) is 2.28. The van der Waals surface area contributed by atoms with Gasteiger partial charge in [-0.2, -0.15) is 0 Å². The maximum absolute atomic E-state index is 4.37. The summed E-state index contributed by atoms with van der Waals surface area (Å²) in [4.78, 5) is 8.74. The molecule has 1 atom stereocenters. The molecule has 4 heteroatoms. The minimum atomic E-state index is 0.182. The molecule has 19 heavy (non-hydrogen) atoms. The molecule has 2 aromatic rings. The molecule has 1 heterocycles. The van der Waals surface area contributed by atoms with Crippen molar-refractivity contribution in [2.45, 2.75) is 25.8 Å². The van der Waals surface area contributed by atoms with Crippen LogP contribution in [0.15, 0.2) is 42.7 Å². The summed E-state index contributed by atoms with van der Waals surface area (Å²) in [7, 11) is 0. The number of aromatic nitrogens is 2. The Morgan fingerprint density at radius 1 is 1.16 bits per heavy atom. The zero-order chi connectivity index (χ0) is 13.5. The first kappa shape index (κ1) is 14.4. The first-order valence-corrected chi connectivity index (χ1v) is 7.62. The second-order valence-corrected chi connectivity index (χ2v) is 5.69. The van der Waals surface area contributed by atoms with Crippen LogP contribution in [0.4, 0.5) is 0 Å². The third kappa shape index (κ3) is 4.54. The maximum Gasteiger partial charge on any atom is 0.145 e. The Kier molecular flexibility index (Phi) is 5.72. The lowest BCUT2D eigenvalue weighted by atomic mass is 10.1. The lowest BCUT2D eigenvalue weighted by Crippen LogP contribution is -2.25. The molecule has 0 spiro atoms. The van der Waals surface area contributed by atoms with Crippen LogP contribution in [0.3, 0.4) is 0 Å². The van der Waals surface area contributed by atoms with Crippen LogP contribution in [-0.4, -0.2) is 16.5 Å². The van der Waals surface area contributed by atoms with Gasteiger partial charge < -0.3 is 5.32 Å². The Morgan fingerprint density at radius 2 is 1.84 bits per heavy atom. The van der Waals surface area contributed by atoms with Crippen molar-refractivity contribution in [3.05, 3.63) is 57.7 Å². The number of rotatable bonds is 6. The molecule has 0 amide bonds. The smallest absolute Gasteiger partial charge is 0.145 e. The molecule has 0 aliphatic carbocycles.